The summed E-state index contributed by atoms with van der Waals surface area (Å²) in [6.45, 7) is 12.3. The van der Waals surface area contributed by atoms with Crippen LogP contribution in [0.1, 0.15) is 49.9 Å². The zero-order valence-corrected chi connectivity index (χ0v) is 32.0. The molecule has 4 aromatic rings. The number of halogens is 1. The van der Waals surface area contributed by atoms with Crippen molar-refractivity contribution in [2.45, 2.75) is 70.3 Å². The van der Waals surface area contributed by atoms with E-state index in [0.717, 1.165) is 96.1 Å². The molecule has 0 unspecified atom stereocenters. The van der Waals surface area contributed by atoms with E-state index >= 15 is 0 Å². The number of piperazine rings is 2. The first-order valence-electron chi connectivity index (χ1n) is 19.3. The van der Waals surface area contributed by atoms with Crippen LogP contribution < -0.4 is 14.5 Å². The molecule has 0 spiro atoms. The van der Waals surface area contributed by atoms with Crippen molar-refractivity contribution in [3.63, 3.8) is 0 Å². The lowest BCUT2D eigenvalue weighted by Crippen LogP contribution is -2.56. The number of amides is 1. The Hall–Kier alpha value is -4.63. The number of nitrogens with zero attached hydrogens (tertiary/aromatic N) is 8. The van der Waals surface area contributed by atoms with Crippen LogP contribution in [0.3, 0.4) is 0 Å². The number of anilines is 2. The lowest BCUT2D eigenvalue weighted by molar-refractivity contribution is 0.0449. The molecule has 54 heavy (non-hydrogen) atoms. The van der Waals surface area contributed by atoms with Crippen LogP contribution in [0.4, 0.5) is 16.3 Å². The van der Waals surface area contributed by atoms with Crippen molar-refractivity contribution in [3.8, 4) is 12.1 Å². The minimum atomic E-state index is -0.402. The minimum absolute atomic E-state index is 0.0257. The van der Waals surface area contributed by atoms with Crippen molar-refractivity contribution in [1.82, 2.24) is 24.7 Å². The summed E-state index contributed by atoms with van der Waals surface area (Å²) in [5, 5.41) is 12.7. The third-order valence-electron chi connectivity index (χ3n) is 11.8. The van der Waals surface area contributed by atoms with Gasteiger partial charge < -0.3 is 24.2 Å². The highest BCUT2D eigenvalue weighted by Gasteiger charge is 2.49. The largest absolute Gasteiger partial charge is 0.461 e. The molecule has 1 saturated carbocycles. The third kappa shape index (κ3) is 7.52. The summed E-state index contributed by atoms with van der Waals surface area (Å²) in [5.41, 5.74) is 4.05. The molecular weight excluding hydrogens is 700 g/mol. The van der Waals surface area contributed by atoms with Crippen molar-refractivity contribution in [2.75, 3.05) is 68.8 Å². The molecule has 4 aliphatic rings. The first-order valence-corrected chi connectivity index (χ1v) is 19.7. The summed E-state index contributed by atoms with van der Waals surface area (Å²) < 4.78 is 12.3. The second-order valence-corrected chi connectivity index (χ2v) is 15.8. The average Bonchev–Trinajstić information content (AvgIpc) is 4.00. The lowest BCUT2D eigenvalue weighted by Gasteiger charge is -2.42. The number of carbonyl (C=O) groups is 1. The van der Waals surface area contributed by atoms with Gasteiger partial charge in [-0.2, -0.15) is 15.2 Å². The molecule has 1 amide bonds. The maximum Gasteiger partial charge on any atom is 0.410 e. The Morgan fingerprint density at radius 2 is 1.72 bits per heavy atom. The Balaban J connectivity index is 1.05. The van der Waals surface area contributed by atoms with E-state index in [0.29, 0.717) is 44.8 Å². The predicted molar refractivity (Wildman–Crippen MR) is 211 cm³/mol. The van der Waals surface area contributed by atoms with E-state index in [1.54, 1.807) is 4.90 Å². The third-order valence-corrected chi connectivity index (χ3v) is 12.1. The van der Waals surface area contributed by atoms with Crippen molar-refractivity contribution in [2.24, 2.45) is 0 Å². The molecule has 1 atom stereocenters. The van der Waals surface area contributed by atoms with E-state index in [4.69, 9.17) is 31.0 Å². The Kier molecular flexibility index (Phi) is 10.5. The SMILES string of the molecule is CC(C)N1CCN(C2(COc3nc4c(c(N5CCN(C(=O)OCc6ccccc6)[C@@H](CC#N)C5)n3)CCN(c3cccc5cccc(Cl)c35)C4)CC2)CC1. The predicted octanol–water partition coefficient (Wildman–Crippen LogP) is 6.52. The van der Waals surface area contributed by atoms with Gasteiger partial charge in [-0.1, -0.05) is 66.2 Å². The van der Waals surface area contributed by atoms with Crippen LogP contribution in [-0.2, 0) is 24.3 Å². The molecule has 0 bridgehead atoms. The first-order chi connectivity index (χ1) is 26.3. The number of fused-ring (bicyclic) bond motifs is 2. The molecule has 282 valence electrons. The van der Waals surface area contributed by atoms with E-state index in [-0.39, 0.29) is 24.6 Å². The Morgan fingerprint density at radius 1 is 0.944 bits per heavy atom. The first kappa shape index (κ1) is 36.4. The van der Waals surface area contributed by atoms with E-state index in [2.05, 4.69) is 63.8 Å². The van der Waals surface area contributed by atoms with Crippen molar-refractivity contribution < 1.29 is 14.3 Å². The van der Waals surface area contributed by atoms with Crippen molar-refractivity contribution in [3.05, 3.63) is 88.6 Å². The van der Waals surface area contributed by atoms with E-state index < -0.39 is 6.09 Å². The van der Waals surface area contributed by atoms with E-state index in [1.165, 1.54) is 0 Å². The Morgan fingerprint density at radius 3 is 2.46 bits per heavy atom. The van der Waals surface area contributed by atoms with Gasteiger partial charge in [-0.3, -0.25) is 9.80 Å². The van der Waals surface area contributed by atoms with Gasteiger partial charge in [0.2, 0.25) is 0 Å². The Bertz CT molecular complexity index is 2010. The van der Waals surface area contributed by atoms with Crippen LogP contribution in [0.15, 0.2) is 66.7 Å². The summed E-state index contributed by atoms with van der Waals surface area (Å²) in [4.78, 5) is 35.0. The zero-order chi connectivity index (χ0) is 37.2. The van der Waals surface area contributed by atoms with Gasteiger partial charge in [-0.05, 0) is 56.2 Å². The summed E-state index contributed by atoms with van der Waals surface area (Å²) in [6, 6.07) is 24.9. The maximum absolute atomic E-state index is 13.3. The van der Waals surface area contributed by atoms with Gasteiger partial charge in [0.25, 0.3) is 0 Å². The molecule has 3 aromatic carbocycles. The lowest BCUT2D eigenvalue weighted by atomic mass is 10.0. The molecule has 8 rings (SSSR count). The average molecular weight is 749 g/mol. The van der Waals surface area contributed by atoms with Crippen LogP contribution in [0.5, 0.6) is 6.01 Å². The zero-order valence-electron chi connectivity index (χ0n) is 31.3. The van der Waals surface area contributed by atoms with Crippen molar-refractivity contribution >= 4 is 40.0 Å². The number of ether oxygens (including phenoxy) is 2. The highest BCUT2D eigenvalue weighted by Crippen LogP contribution is 2.43. The molecule has 1 aliphatic carbocycles. The van der Waals surface area contributed by atoms with Crippen LogP contribution >= 0.6 is 11.6 Å². The fourth-order valence-electron chi connectivity index (χ4n) is 8.44. The molecule has 4 heterocycles. The van der Waals surface area contributed by atoms with Gasteiger partial charge in [0, 0.05) is 75.0 Å². The van der Waals surface area contributed by atoms with Gasteiger partial charge >= 0.3 is 12.1 Å². The summed E-state index contributed by atoms with van der Waals surface area (Å²) in [6.07, 6.45) is 2.75. The highest BCUT2D eigenvalue weighted by molar-refractivity contribution is 6.36. The molecule has 3 fully saturated rings. The summed E-state index contributed by atoms with van der Waals surface area (Å²) >= 11 is 6.79. The van der Waals surface area contributed by atoms with Gasteiger partial charge in [0.15, 0.2) is 0 Å². The number of carbonyl (C=O) groups excluding carboxylic acids is 1. The number of rotatable bonds is 10. The fraction of sp³-hybridized carbons (Fsp3) is 0.476. The van der Waals surface area contributed by atoms with Crippen LogP contribution in [0, 0.1) is 11.3 Å². The molecule has 2 saturated heterocycles. The highest BCUT2D eigenvalue weighted by atomic mass is 35.5. The van der Waals surface area contributed by atoms with Crippen LogP contribution in [-0.4, -0.2) is 107 Å². The maximum atomic E-state index is 13.3. The standard InChI is InChI=1S/C42H49ClN8O3/c1-30(2)47-20-23-50(24-21-47)42(16-17-42)29-54-40-45-36-27-48(37-13-7-11-32-10-6-12-35(43)38(32)37)19-15-34(36)39(46-40)49-22-25-51(33(26-49)14-18-44)41(52)53-28-31-8-4-3-5-9-31/h3-13,30,33H,14-17,19-29H2,1-2H3/t33-/m0/s1. The number of aromatic nitrogens is 2. The number of benzene rings is 3. The summed E-state index contributed by atoms with van der Waals surface area (Å²) in [5.74, 6) is 0.834. The topological polar surface area (TPSA) is 101 Å². The number of hydrogen-bond acceptors (Lipinski definition) is 10. The number of nitriles is 1. The molecule has 3 aliphatic heterocycles. The Labute approximate surface area is 323 Å². The second-order valence-electron chi connectivity index (χ2n) is 15.4. The van der Waals surface area contributed by atoms with E-state index in [1.807, 2.05) is 42.5 Å². The van der Waals surface area contributed by atoms with Crippen LogP contribution in [0.2, 0.25) is 5.02 Å². The fourth-order valence-corrected chi connectivity index (χ4v) is 8.72. The molecule has 12 heteroatoms. The van der Waals surface area contributed by atoms with Gasteiger partial charge in [-0.25, -0.2) is 4.79 Å². The van der Waals surface area contributed by atoms with Crippen molar-refractivity contribution in [1.29, 1.82) is 5.26 Å². The number of hydrogen-bond donors (Lipinski definition) is 0. The molecular formula is C42H49ClN8O3. The molecule has 1 aromatic heterocycles. The monoisotopic (exact) mass is 748 g/mol. The van der Waals surface area contributed by atoms with Crippen LogP contribution in [0.25, 0.3) is 10.8 Å². The second kappa shape index (κ2) is 15.6. The molecule has 0 radical (unpaired) electrons. The normalized spacial score (nSPS) is 20.1. The quantitative estimate of drug-likeness (QED) is 0.178. The minimum Gasteiger partial charge on any atom is -0.461 e. The molecule has 0 N–H and O–H groups in total. The molecule has 11 nitrogen and oxygen atoms in total. The van der Waals surface area contributed by atoms with Gasteiger partial charge in [0.05, 0.1) is 41.3 Å². The smallest absolute Gasteiger partial charge is 0.410 e. The van der Waals surface area contributed by atoms with Gasteiger partial charge in [-0.15, -0.1) is 0 Å². The summed E-state index contributed by atoms with van der Waals surface area (Å²) in [7, 11) is 0. The van der Waals surface area contributed by atoms with Gasteiger partial charge in [0.1, 0.15) is 19.0 Å². The van der Waals surface area contributed by atoms with E-state index in [9.17, 15) is 10.1 Å².